The monoisotopic (exact) mass is 299 g/mol. The molecule has 0 aromatic heterocycles. The fraction of sp³-hybridized carbons (Fsp3) is 0.429. The van der Waals surface area contributed by atoms with Crippen LogP contribution in [0.4, 0.5) is 9.18 Å². The second-order valence-electron chi connectivity index (χ2n) is 5.51. The van der Waals surface area contributed by atoms with E-state index in [2.05, 4.69) is 5.32 Å². The summed E-state index contributed by atoms with van der Waals surface area (Å²) in [5.41, 5.74) is -0.688. The molecular formula is C14H18FNO5. The molecule has 21 heavy (non-hydrogen) atoms. The number of halogens is 1. The minimum atomic E-state index is -1.34. The van der Waals surface area contributed by atoms with Gasteiger partial charge in [0.05, 0.1) is 0 Å². The minimum absolute atomic E-state index is 0.0819. The predicted molar refractivity (Wildman–Crippen MR) is 72.6 cm³/mol. The van der Waals surface area contributed by atoms with Gasteiger partial charge in [-0.1, -0.05) is 0 Å². The summed E-state index contributed by atoms with van der Waals surface area (Å²) < 4.78 is 18.1. The quantitative estimate of drug-likeness (QED) is 0.790. The van der Waals surface area contributed by atoms with Gasteiger partial charge in [0.1, 0.15) is 23.2 Å². The third-order valence-corrected chi connectivity index (χ3v) is 2.45. The van der Waals surface area contributed by atoms with Gasteiger partial charge in [0.2, 0.25) is 0 Å². The van der Waals surface area contributed by atoms with Gasteiger partial charge in [0.25, 0.3) is 0 Å². The number of benzene rings is 1. The lowest BCUT2D eigenvalue weighted by molar-refractivity contribution is -0.139. The van der Waals surface area contributed by atoms with Crippen LogP contribution in [0.1, 0.15) is 26.3 Å². The van der Waals surface area contributed by atoms with Crippen molar-refractivity contribution < 1.29 is 28.9 Å². The number of nitrogens with one attached hydrogen (secondary N) is 1. The van der Waals surface area contributed by atoms with Crippen LogP contribution in [-0.4, -0.2) is 33.9 Å². The number of carboxylic acids is 1. The van der Waals surface area contributed by atoms with Gasteiger partial charge in [-0.15, -0.1) is 0 Å². The zero-order valence-corrected chi connectivity index (χ0v) is 12.0. The third kappa shape index (κ3) is 5.68. The number of ether oxygens (including phenoxy) is 1. The maximum Gasteiger partial charge on any atom is 0.408 e. The first-order valence-corrected chi connectivity index (χ1v) is 6.28. The van der Waals surface area contributed by atoms with Crippen LogP contribution in [0.2, 0.25) is 0 Å². The highest BCUT2D eigenvalue weighted by Gasteiger charge is 2.25. The van der Waals surface area contributed by atoms with E-state index in [0.717, 1.165) is 18.2 Å². The van der Waals surface area contributed by atoms with Gasteiger partial charge in [-0.25, -0.2) is 14.0 Å². The normalized spacial score (nSPS) is 12.6. The van der Waals surface area contributed by atoms with Crippen LogP contribution >= 0.6 is 0 Å². The molecule has 1 aromatic carbocycles. The summed E-state index contributed by atoms with van der Waals surface area (Å²) in [6.45, 7) is 4.92. The fourth-order valence-electron chi connectivity index (χ4n) is 1.59. The van der Waals surface area contributed by atoms with E-state index in [1.807, 2.05) is 0 Å². The molecule has 0 bridgehead atoms. The zero-order valence-electron chi connectivity index (χ0n) is 12.0. The smallest absolute Gasteiger partial charge is 0.408 e. The Morgan fingerprint density at radius 2 is 2.00 bits per heavy atom. The van der Waals surface area contributed by atoms with E-state index in [0.29, 0.717) is 0 Å². The molecule has 0 saturated heterocycles. The van der Waals surface area contributed by atoms with Crippen LogP contribution < -0.4 is 5.32 Å². The van der Waals surface area contributed by atoms with Crippen LogP contribution in [0.15, 0.2) is 18.2 Å². The molecule has 1 rings (SSSR count). The Bertz CT molecular complexity index is 539. The van der Waals surface area contributed by atoms with Crippen molar-refractivity contribution in [2.45, 2.75) is 38.8 Å². The highest BCUT2D eigenvalue weighted by atomic mass is 19.1. The van der Waals surface area contributed by atoms with E-state index in [1.54, 1.807) is 20.8 Å². The molecule has 0 aliphatic heterocycles. The number of carbonyl (C=O) groups is 2. The highest BCUT2D eigenvalue weighted by Crippen LogP contribution is 2.19. The Balaban J connectivity index is 2.81. The molecule has 0 aliphatic rings. The first-order valence-electron chi connectivity index (χ1n) is 6.28. The lowest BCUT2D eigenvalue weighted by Gasteiger charge is -2.22. The lowest BCUT2D eigenvalue weighted by Crippen LogP contribution is -2.44. The van der Waals surface area contributed by atoms with Crippen LogP contribution in [0.3, 0.4) is 0 Å². The topological polar surface area (TPSA) is 95.9 Å². The Morgan fingerprint density at radius 1 is 1.38 bits per heavy atom. The zero-order chi connectivity index (χ0) is 16.2. The number of phenolic OH excluding ortho intramolecular Hbond substituents is 1. The van der Waals surface area contributed by atoms with Gasteiger partial charge in [-0.3, -0.25) is 0 Å². The van der Waals surface area contributed by atoms with Crippen molar-refractivity contribution in [1.82, 2.24) is 5.32 Å². The first kappa shape index (κ1) is 16.7. The summed E-state index contributed by atoms with van der Waals surface area (Å²) in [7, 11) is 0. The van der Waals surface area contributed by atoms with Crippen LogP contribution in [0, 0.1) is 5.82 Å². The number of phenols is 1. The first-order chi connectivity index (χ1) is 9.58. The number of aliphatic carboxylic acids is 1. The largest absolute Gasteiger partial charge is 0.508 e. The highest BCUT2D eigenvalue weighted by molar-refractivity contribution is 5.80. The van der Waals surface area contributed by atoms with Crippen LogP contribution in [-0.2, 0) is 16.0 Å². The van der Waals surface area contributed by atoms with Crippen LogP contribution in [0.25, 0.3) is 0 Å². The van der Waals surface area contributed by atoms with Crippen molar-refractivity contribution in [3.8, 4) is 5.75 Å². The van der Waals surface area contributed by atoms with Gasteiger partial charge in [-0.05, 0) is 44.5 Å². The number of alkyl carbamates (subject to hydrolysis) is 1. The molecule has 0 saturated carbocycles. The summed E-state index contributed by atoms with van der Waals surface area (Å²) in [4.78, 5) is 22.7. The molecule has 6 nitrogen and oxygen atoms in total. The molecule has 1 aromatic rings. The summed E-state index contributed by atoms with van der Waals surface area (Å²) in [5.74, 6) is -2.16. The molecule has 1 amide bonds. The number of carboxylic acid groups (broad SMARTS) is 1. The van der Waals surface area contributed by atoms with Gasteiger partial charge in [0, 0.05) is 6.42 Å². The van der Waals surface area contributed by atoms with Gasteiger partial charge < -0.3 is 20.3 Å². The Hall–Kier alpha value is -2.31. The molecule has 0 aliphatic carbocycles. The van der Waals surface area contributed by atoms with E-state index in [-0.39, 0.29) is 17.7 Å². The van der Waals surface area contributed by atoms with Crippen molar-refractivity contribution in [1.29, 1.82) is 0 Å². The number of aromatic hydroxyl groups is 1. The van der Waals surface area contributed by atoms with Crippen molar-refractivity contribution in [2.24, 2.45) is 0 Å². The molecule has 0 spiro atoms. The Labute approximate surface area is 121 Å². The lowest BCUT2D eigenvalue weighted by atomic mass is 10.0. The third-order valence-electron chi connectivity index (χ3n) is 2.45. The van der Waals surface area contributed by atoms with E-state index >= 15 is 0 Å². The second-order valence-corrected chi connectivity index (χ2v) is 5.51. The second kappa shape index (κ2) is 6.43. The Morgan fingerprint density at radius 3 is 2.52 bits per heavy atom. The van der Waals surface area contributed by atoms with Gasteiger partial charge >= 0.3 is 12.1 Å². The molecule has 0 fully saturated rings. The van der Waals surface area contributed by atoms with Crippen LogP contribution in [0.5, 0.6) is 5.75 Å². The molecule has 0 heterocycles. The molecule has 7 heteroatoms. The number of carbonyl (C=O) groups excluding carboxylic acids is 1. The maximum atomic E-state index is 13.1. The number of hydrogen-bond acceptors (Lipinski definition) is 4. The van der Waals surface area contributed by atoms with E-state index in [4.69, 9.17) is 9.84 Å². The molecule has 0 radical (unpaired) electrons. The van der Waals surface area contributed by atoms with E-state index in [1.165, 1.54) is 0 Å². The predicted octanol–water partition coefficient (Wildman–Crippen LogP) is 2.05. The number of hydrogen-bond donors (Lipinski definition) is 3. The Kier molecular flexibility index (Phi) is 5.12. The summed E-state index contributed by atoms with van der Waals surface area (Å²) >= 11 is 0. The molecule has 116 valence electrons. The molecule has 1 atom stereocenters. The summed E-state index contributed by atoms with van der Waals surface area (Å²) in [5, 5.41) is 20.9. The van der Waals surface area contributed by atoms with E-state index in [9.17, 15) is 19.1 Å². The van der Waals surface area contributed by atoms with Crippen molar-refractivity contribution in [3.05, 3.63) is 29.6 Å². The van der Waals surface area contributed by atoms with Gasteiger partial charge in [-0.2, -0.15) is 0 Å². The average Bonchev–Trinajstić information content (AvgIpc) is 2.30. The molecule has 3 N–H and O–H groups in total. The number of amides is 1. The standard InChI is InChI=1S/C14H18FNO5/c1-14(2,3)21-13(20)16-10(12(18)19)7-8-6-9(15)4-5-11(8)17/h4-6,10,17H,7H2,1-3H3,(H,16,20)(H,18,19)/t10-/m0/s1. The number of rotatable bonds is 4. The maximum absolute atomic E-state index is 13.1. The fourth-order valence-corrected chi connectivity index (χ4v) is 1.59. The van der Waals surface area contributed by atoms with Crippen molar-refractivity contribution in [2.75, 3.05) is 0 Å². The SMILES string of the molecule is CC(C)(C)OC(=O)N[C@@H](Cc1cc(F)ccc1O)C(=O)O. The average molecular weight is 299 g/mol. The van der Waals surface area contributed by atoms with E-state index < -0.39 is 29.5 Å². The van der Waals surface area contributed by atoms with Gasteiger partial charge in [0.15, 0.2) is 0 Å². The molecule has 0 unspecified atom stereocenters. The van der Waals surface area contributed by atoms with Crippen molar-refractivity contribution >= 4 is 12.1 Å². The molecular weight excluding hydrogens is 281 g/mol. The van der Waals surface area contributed by atoms with Crippen molar-refractivity contribution in [3.63, 3.8) is 0 Å². The summed E-state index contributed by atoms with van der Waals surface area (Å²) in [6.07, 6.45) is -1.16. The summed E-state index contributed by atoms with van der Waals surface area (Å²) in [6, 6.07) is 1.85. The minimum Gasteiger partial charge on any atom is -0.508 e.